The largest absolute Gasteiger partial charge is 0.301 e. The lowest BCUT2D eigenvalue weighted by molar-refractivity contribution is 0.522. The highest BCUT2D eigenvalue weighted by Gasteiger charge is 1.93. The van der Waals surface area contributed by atoms with Crippen molar-refractivity contribution < 1.29 is 0 Å². The van der Waals surface area contributed by atoms with E-state index in [0.29, 0.717) is 0 Å². The molecular weight excluding hydrogens is 134 g/mol. The molecule has 0 saturated carbocycles. The van der Waals surface area contributed by atoms with E-state index in [2.05, 4.69) is 25.6 Å². The maximum atomic E-state index is 3.82. The summed E-state index contributed by atoms with van der Waals surface area (Å²) in [7, 11) is 0. The Bertz CT molecular complexity index is 86.9. The van der Waals surface area contributed by atoms with E-state index in [1.807, 2.05) is 0 Å². The van der Waals surface area contributed by atoms with Crippen molar-refractivity contribution in [3.8, 4) is 0 Å². The number of hydrogen-bond acceptors (Lipinski definition) is 1. The fourth-order valence-electron chi connectivity index (χ4n) is 1.13. The first-order chi connectivity index (χ1) is 5.27. The summed E-state index contributed by atoms with van der Waals surface area (Å²) in [5, 5.41) is 0. The zero-order valence-electron chi connectivity index (χ0n) is 7.97. The first kappa shape index (κ1) is 10.7. The van der Waals surface area contributed by atoms with Gasteiger partial charge in [-0.2, -0.15) is 0 Å². The van der Waals surface area contributed by atoms with Crippen LogP contribution in [0.3, 0.4) is 0 Å². The molecule has 0 amide bonds. The Kier molecular flexibility index (Phi) is 7.54. The van der Waals surface area contributed by atoms with E-state index >= 15 is 0 Å². The molecule has 0 unspecified atom stereocenters. The zero-order chi connectivity index (χ0) is 8.53. The minimum absolute atomic E-state index is 0.868. The Morgan fingerprint density at radius 3 is 2.27 bits per heavy atom. The van der Waals surface area contributed by atoms with Gasteiger partial charge in [0.25, 0.3) is 0 Å². The fraction of sp³-hybridized carbons (Fsp3) is 0.900. The third-order valence-corrected chi connectivity index (χ3v) is 1.85. The number of nitrogens with zero attached hydrogens (tertiary/aromatic N) is 1. The number of aliphatic imine (C=N–C) groups is 1. The second kappa shape index (κ2) is 7.77. The molecule has 0 aromatic rings. The van der Waals surface area contributed by atoms with Crippen molar-refractivity contribution in [2.24, 2.45) is 10.9 Å². The van der Waals surface area contributed by atoms with Crippen molar-refractivity contribution >= 4 is 6.72 Å². The van der Waals surface area contributed by atoms with Gasteiger partial charge in [-0.05, 0) is 19.1 Å². The maximum absolute atomic E-state index is 3.82. The van der Waals surface area contributed by atoms with Crippen molar-refractivity contribution in [1.82, 2.24) is 0 Å². The van der Waals surface area contributed by atoms with E-state index in [9.17, 15) is 0 Å². The minimum atomic E-state index is 0.868. The molecule has 0 atom stereocenters. The molecule has 0 radical (unpaired) electrons. The van der Waals surface area contributed by atoms with Crippen LogP contribution in [0.1, 0.15) is 46.0 Å². The van der Waals surface area contributed by atoms with Crippen LogP contribution in [0.4, 0.5) is 0 Å². The van der Waals surface area contributed by atoms with Gasteiger partial charge in [-0.25, -0.2) is 0 Å². The molecule has 0 N–H and O–H groups in total. The SMILES string of the molecule is C=NCCCCCCC(C)C. The highest BCUT2D eigenvalue weighted by atomic mass is 14.7. The van der Waals surface area contributed by atoms with E-state index < -0.39 is 0 Å². The smallest absolute Gasteiger partial charge is 0.0382 e. The summed E-state index contributed by atoms with van der Waals surface area (Å²) in [4.78, 5) is 3.82. The molecule has 0 aliphatic carbocycles. The molecule has 1 nitrogen and oxygen atoms in total. The summed E-state index contributed by atoms with van der Waals surface area (Å²) in [5.74, 6) is 0.868. The summed E-state index contributed by atoms with van der Waals surface area (Å²) < 4.78 is 0. The van der Waals surface area contributed by atoms with E-state index in [4.69, 9.17) is 0 Å². The maximum Gasteiger partial charge on any atom is 0.0382 e. The summed E-state index contributed by atoms with van der Waals surface area (Å²) >= 11 is 0. The molecule has 0 rings (SSSR count). The monoisotopic (exact) mass is 155 g/mol. The second-order valence-corrected chi connectivity index (χ2v) is 3.54. The van der Waals surface area contributed by atoms with Gasteiger partial charge in [-0.1, -0.05) is 39.5 Å². The molecule has 0 saturated heterocycles. The van der Waals surface area contributed by atoms with Crippen LogP contribution in [0.5, 0.6) is 0 Å². The lowest BCUT2D eigenvalue weighted by Gasteiger charge is -2.02. The molecule has 0 bridgehead atoms. The Morgan fingerprint density at radius 2 is 1.73 bits per heavy atom. The fourth-order valence-corrected chi connectivity index (χ4v) is 1.13. The van der Waals surface area contributed by atoms with Gasteiger partial charge < -0.3 is 4.99 Å². The third-order valence-electron chi connectivity index (χ3n) is 1.85. The van der Waals surface area contributed by atoms with Crippen molar-refractivity contribution in [2.75, 3.05) is 6.54 Å². The molecule has 0 aromatic carbocycles. The van der Waals surface area contributed by atoms with Crippen LogP contribution in [-0.4, -0.2) is 13.3 Å². The molecule has 66 valence electrons. The molecular formula is C10H21N. The van der Waals surface area contributed by atoms with Crippen molar-refractivity contribution in [3.05, 3.63) is 0 Å². The standard InChI is InChI=1S/C10H21N/c1-10(2)8-6-4-5-7-9-11-3/h10H,3-9H2,1-2H3. The highest BCUT2D eigenvalue weighted by molar-refractivity contribution is 5.22. The topological polar surface area (TPSA) is 12.4 Å². The molecule has 0 aliphatic rings. The lowest BCUT2D eigenvalue weighted by Crippen LogP contribution is -1.87. The van der Waals surface area contributed by atoms with Gasteiger partial charge in [0.05, 0.1) is 0 Å². The third kappa shape index (κ3) is 9.67. The van der Waals surface area contributed by atoms with Gasteiger partial charge in [-0.15, -0.1) is 0 Å². The summed E-state index contributed by atoms with van der Waals surface area (Å²) in [6.07, 6.45) is 6.68. The number of rotatable bonds is 7. The van der Waals surface area contributed by atoms with Gasteiger partial charge in [0.2, 0.25) is 0 Å². The van der Waals surface area contributed by atoms with Crippen molar-refractivity contribution in [2.45, 2.75) is 46.0 Å². The van der Waals surface area contributed by atoms with Gasteiger partial charge in [-0.3, -0.25) is 0 Å². The van der Waals surface area contributed by atoms with Crippen LogP contribution < -0.4 is 0 Å². The Balaban J connectivity index is 2.85. The first-order valence-electron chi connectivity index (χ1n) is 4.70. The minimum Gasteiger partial charge on any atom is -0.301 e. The van der Waals surface area contributed by atoms with Crippen molar-refractivity contribution in [3.63, 3.8) is 0 Å². The van der Waals surface area contributed by atoms with Crippen LogP contribution in [0.25, 0.3) is 0 Å². The van der Waals surface area contributed by atoms with Gasteiger partial charge in [0, 0.05) is 6.54 Å². The summed E-state index contributed by atoms with van der Waals surface area (Å²) in [6, 6.07) is 0. The zero-order valence-corrected chi connectivity index (χ0v) is 7.97. The molecule has 0 aromatic heterocycles. The Morgan fingerprint density at radius 1 is 1.09 bits per heavy atom. The van der Waals surface area contributed by atoms with Crippen LogP contribution in [0, 0.1) is 5.92 Å². The second-order valence-electron chi connectivity index (χ2n) is 3.54. The molecule has 1 heteroatoms. The van der Waals surface area contributed by atoms with Crippen molar-refractivity contribution in [1.29, 1.82) is 0 Å². The van der Waals surface area contributed by atoms with E-state index in [1.54, 1.807) is 0 Å². The van der Waals surface area contributed by atoms with Crippen LogP contribution in [0.15, 0.2) is 4.99 Å². The number of hydrogen-bond donors (Lipinski definition) is 0. The molecule has 0 fully saturated rings. The Labute approximate surface area is 70.9 Å². The van der Waals surface area contributed by atoms with E-state index in [1.165, 1.54) is 32.1 Å². The molecule has 0 spiro atoms. The van der Waals surface area contributed by atoms with Crippen LogP contribution in [0.2, 0.25) is 0 Å². The summed E-state index contributed by atoms with van der Waals surface area (Å²) in [5.41, 5.74) is 0. The molecule has 0 heterocycles. The first-order valence-corrected chi connectivity index (χ1v) is 4.70. The Hall–Kier alpha value is -0.330. The van der Waals surface area contributed by atoms with E-state index in [-0.39, 0.29) is 0 Å². The average molecular weight is 155 g/mol. The van der Waals surface area contributed by atoms with Gasteiger partial charge in [0.1, 0.15) is 0 Å². The van der Waals surface area contributed by atoms with E-state index in [0.717, 1.165) is 12.5 Å². The predicted octanol–water partition coefficient (Wildman–Crippen LogP) is 3.29. The highest BCUT2D eigenvalue weighted by Crippen LogP contribution is 2.08. The quantitative estimate of drug-likeness (QED) is 0.395. The van der Waals surface area contributed by atoms with Crippen LogP contribution in [-0.2, 0) is 0 Å². The summed E-state index contributed by atoms with van der Waals surface area (Å²) in [6.45, 7) is 8.97. The van der Waals surface area contributed by atoms with Gasteiger partial charge >= 0.3 is 0 Å². The molecule has 0 aliphatic heterocycles. The molecule has 11 heavy (non-hydrogen) atoms. The predicted molar refractivity (Wildman–Crippen MR) is 52.3 cm³/mol. The normalized spacial score (nSPS) is 10.5. The van der Waals surface area contributed by atoms with Gasteiger partial charge in [0.15, 0.2) is 0 Å². The number of unbranched alkanes of at least 4 members (excludes halogenated alkanes) is 3. The van der Waals surface area contributed by atoms with Crippen LogP contribution >= 0.6 is 0 Å². The average Bonchev–Trinajstić information content (AvgIpc) is 1.96. The lowest BCUT2D eigenvalue weighted by atomic mass is 10.0.